The van der Waals surface area contributed by atoms with Crippen molar-refractivity contribution in [3.63, 3.8) is 0 Å². The number of benzene rings is 1. The van der Waals surface area contributed by atoms with Gasteiger partial charge in [0.1, 0.15) is 12.2 Å². The van der Waals surface area contributed by atoms with Crippen LogP contribution in [0.4, 0.5) is 0 Å². The Morgan fingerprint density at radius 2 is 1.95 bits per heavy atom. The summed E-state index contributed by atoms with van der Waals surface area (Å²) in [5.74, 6) is 1.01. The van der Waals surface area contributed by atoms with Crippen LogP contribution in [-0.2, 0) is 6.42 Å². The van der Waals surface area contributed by atoms with Crippen LogP contribution in [0.25, 0.3) is 0 Å². The van der Waals surface area contributed by atoms with Crippen molar-refractivity contribution in [2.75, 3.05) is 6.54 Å². The summed E-state index contributed by atoms with van der Waals surface area (Å²) in [6, 6.07) is 8.57. The molecule has 1 N–H and O–H groups in total. The maximum atomic E-state index is 5.98. The first-order chi connectivity index (χ1) is 10.1. The molecule has 1 atom stereocenters. The molecule has 4 nitrogen and oxygen atoms in total. The first-order valence-corrected chi connectivity index (χ1v) is 7.86. The Labute approximate surface area is 131 Å². The molecule has 1 aromatic carbocycles. The highest BCUT2D eigenvalue weighted by atomic mass is 35.5. The van der Waals surface area contributed by atoms with Crippen molar-refractivity contribution in [1.82, 2.24) is 20.1 Å². The summed E-state index contributed by atoms with van der Waals surface area (Å²) in [6.45, 7) is 7.38. The van der Waals surface area contributed by atoms with E-state index in [2.05, 4.69) is 48.3 Å². The minimum Gasteiger partial charge on any atom is -0.310 e. The molecule has 2 aromatic rings. The van der Waals surface area contributed by atoms with Gasteiger partial charge in [0.05, 0.1) is 0 Å². The fraction of sp³-hybridized carbons (Fsp3) is 0.500. The molecule has 114 valence electrons. The Bertz CT molecular complexity index is 548. The lowest BCUT2D eigenvalue weighted by molar-refractivity contribution is 0.463. The summed E-state index contributed by atoms with van der Waals surface area (Å²) in [7, 11) is 0. The summed E-state index contributed by atoms with van der Waals surface area (Å²) in [5.41, 5.74) is 1.23. The Balaban J connectivity index is 2.19. The molecule has 1 unspecified atom stereocenters. The third kappa shape index (κ3) is 4.29. The van der Waals surface area contributed by atoms with E-state index in [-0.39, 0.29) is 6.04 Å². The third-order valence-electron chi connectivity index (χ3n) is 3.44. The molecule has 0 saturated carbocycles. The van der Waals surface area contributed by atoms with Gasteiger partial charge in [-0.2, -0.15) is 5.10 Å². The maximum Gasteiger partial charge on any atom is 0.138 e. The topological polar surface area (TPSA) is 42.7 Å². The van der Waals surface area contributed by atoms with Gasteiger partial charge in [-0.25, -0.2) is 9.67 Å². The zero-order valence-electron chi connectivity index (χ0n) is 12.9. The predicted molar refractivity (Wildman–Crippen MR) is 86.6 cm³/mol. The monoisotopic (exact) mass is 306 g/mol. The molecule has 0 amide bonds. The Morgan fingerprint density at radius 1 is 1.24 bits per heavy atom. The van der Waals surface area contributed by atoms with Crippen molar-refractivity contribution in [1.29, 1.82) is 0 Å². The number of hydrogen-bond donors (Lipinski definition) is 1. The van der Waals surface area contributed by atoms with Crippen LogP contribution in [0.3, 0.4) is 0 Å². The first-order valence-electron chi connectivity index (χ1n) is 7.49. The number of rotatable bonds is 7. The van der Waals surface area contributed by atoms with Crippen LogP contribution >= 0.6 is 11.6 Å². The van der Waals surface area contributed by atoms with Crippen LogP contribution in [0.2, 0.25) is 5.02 Å². The van der Waals surface area contributed by atoms with E-state index in [9.17, 15) is 0 Å². The van der Waals surface area contributed by atoms with Crippen LogP contribution < -0.4 is 5.32 Å². The summed E-state index contributed by atoms with van der Waals surface area (Å²) < 4.78 is 1.98. The molecule has 2 rings (SSSR count). The van der Waals surface area contributed by atoms with Gasteiger partial charge in [0, 0.05) is 23.5 Å². The minimum absolute atomic E-state index is 0.226. The average molecular weight is 307 g/mol. The molecule has 0 bridgehead atoms. The Morgan fingerprint density at radius 3 is 2.57 bits per heavy atom. The van der Waals surface area contributed by atoms with E-state index in [1.165, 1.54) is 5.56 Å². The van der Waals surface area contributed by atoms with Crippen molar-refractivity contribution >= 4 is 11.6 Å². The third-order valence-corrected chi connectivity index (χ3v) is 3.69. The second-order valence-electron chi connectivity index (χ2n) is 5.48. The van der Waals surface area contributed by atoms with Gasteiger partial charge < -0.3 is 5.32 Å². The van der Waals surface area contributed by atoms with Gasteiger partial charge in [-0.15, -0.1) is 0 Å². The molecule has 21 heavy (non-hydrogen) atoms. The normalized spacial score (nSPS) is 12.8. The van der Waals surface area contributed by atoms with Crippen molar-refractivity contribution < 1.29 is 0 Å². The lowest BCUT2D eigenvalue weighted by Gasteiger charge is -2.20. The second kappa shape index (κ2) is 7.57. The number of hydrogen-bond acceptors (Lipinski definition) is 3. The summed E-state index contributed by atoms with van der Waals surface area (Å²) in [5, 5.41) is 8.66. The number of nitrogens with one attached hydrogen (secondary N) is 1. The molecule has 1 aromatic heterocycles. The zero-order chi connectivity index (χ0) is 15.2. The van der Waals surface area contributed by atoms with Crippen LogP contribution in [-0.4, -0.2) is 21.3 Å². The van der Waals surface area contributed by atoms with Crippen LogP contribution in [0, 0.1) is 0 Å². The van der Waals surface area contributed by atoms with E-state index in [1.54, 1.807) is 6.33 Å². The van der Waals surface area contributed by atoms with E-state index in [0.29, 0.717) is 6.04 Å². The van der Waals surface area contributed by atoms with Crippen LogP contribution in [0.5, 0.6) is 0 Å². The van der Waals surface area contributed by atoms with E-state index < -0.39 is 0 Å². The summed E-state index contributed by atoms with van der Waals surface area (Å²) in [6.07, 6.45) is 3.55. The minimum atomic E-state index is 0.226. The first kappa shape index (κ1) is 16.0. The van der Waals surface area contributed by atoms with Crippen molar-refractivity contribution in [3.8, 4) is 0 Å². The maximum absolute atomic E-state index is 5.98. The lowest BCUT2D eigenvalue weighted by atomic mass is 10.0. The van der Waals surface area contributed by atoms with Crippen LogP contribution in [0.1, 0.15) is 50.7 Å². The second-order valence-corrected chi connectivity index (χ2v) is 5.91. The van der Waals surface area contributed by atoms with Gasteiger partial charge in [0.2, 0.25) is 0 Å². The number of nitrogens with zero attached hydrogens (tertiary/aromatic N) is 3. The fourth-order valence-electron chi connectivity index (χ4n) is 2.36. The van der Waals surface area contributed by atoms with Crippen molar-refractivity contribution in [3.05, 3.63) is 47.0 Å². The van der Waals surface area contributed by atoms with E-state index in [1.807, 2.05) is 16.8 Å². The summed E-state index contributed by atoms with van der Waals surface area (Å²) >= 11 is 5.98. The van der Waals surface area contributed by atoms with Gasteiger partial charge in [-0.05, 0) is 44.5 Å². The summed E-state index contributed by atoms with van der Waals surface area (Å²) in [4.78, 5) is 4.41. The van der Waals surface area contributed by atoms with Gasteiger partial charge >= 0.3 is 0 Å². The predicted octanol–water partition coefficient (Wildman–Crippen LogP) is 3.80. The van der Waals surface area contributed by atoms with Gasteiger partial charge in [-0.3, -0.25) is 0 Å². The molecule has 1 heterocycles. The largest absolute Gasteiger partial charge is 0.310 e. The molecular weight excluding hydrogens is 284 g/mol. The molecule has 0 aliphatic carbocycles. The molecule has 5 heteroatoms. The Kier molecular flexibility index (Phi) is 5.76. The molecule has 0 radical (unpaired) electrons. The number of halogens is 1. The van der Waals surface area contributed by atoms with Gasteiger partial charge in [0.15, 0.2) is 0 Å². The van der Waals surface area contributed by atoms with Gasteiger partial charge in [-0.1, -0.05) is 30.7 Å². The van der Waals surface area contributed by atoms with E-state index in [0.717, 1.165) is 30.2 Å². The molecular formula is C16H23ClN4. The average Bonchev–Trinajstić information content (AvgIpc) is 2.93. The van der Waals surface area contributed by atoms with E-state index in [4.69, 9.17) is 11.6 Å². The molecule has 0 fully saturated rings. The highest BCUT2D eigenvalue weighted by Crippen LogP contribution is 2.21. The van der Waals surface area contributed by atoms with Crippen molar-refractivity contribution in [2.24, 2.45) is 0 Å². The quantitative estimate of drug-likeness (QED) is 0.846. The smallest absolute Gasteiger partial charge is 0.138 e. The Hall–Kier alpha value is -1.39. The zero-order valence-corrected chi connectivity index (χ0v) is 13.6. The highest BCUT2D eigenvalue weighted by Gasteiger charge is 2.16. The molecule has 0 aliphatic rings. The van der Waals surface area contributed by atoms with Gasteiger partial charge in [0.25, 0.3) is 0 Å². The molecule has 0 spiro atoms. The number of aromatic nitrogens is 3. The molecule has 0 aliphatic heterocycles. The highest BCUT2D eigenvalue weighted by molar-refractivity contribution is 6.30. The van der Waals surface area contributed by atoms with E-state index >= 15 is 0 Å². The van der Waals surface area contributed by atoms with Crippen molar-refractivity contribution in [2.45, 2.75) is 45.7 Å². The van der Waals surface area contributed by atoms with Crippen LogP contribution in [0.15, 0.2) is 30.6 Å². The fourth-order valence-corrected chi connectivity index (χ4v) is 2.48. The SMILES string of the molecule is CCCNC(Cc1ncnn1C(C)C)c1ccc(Cl)cc1. The lowest BCUT2D eigenvalue weighted by Crippen LogP contribution is -2.25. The molecule has 0 saturated heterocycles. The standard InChI is InChI=1S/C16H23ClN4/c1-4-9-18-15(13-5-7-14(17)8-6-13)10-16-19-11-20-21(16)12(2)3/h5-8,11-12,15,18H,4,9-10H2,1-3H3.